The molecule has 1 aliphatic rings. The van der Waals surface area contributed by atoms with Crippen LogP contribution in [0.2, 0.25) is 0 Å². The molecule has 0 aliphatic carbocycles. The first kappa shape index (κ1) is 14.2. The van der Waals surface area contributed by atoms with E-state index < -0.39 is 24.1 Å². The molecule has 2 atom stereocenters. The maximum atomic E-state index is 11.9. The van der Waals surface area contributed by atoms with E-state index in [2.05, 4.69) is 5.32 Å². The molecule has 0 aromatic carbocycles. The van der Waals surface area contributed by atoms with Crippen LogP contribution in [0.25, 0.3) is 0 Å². The maximum absolute atomic E-state index is 11.9. The highest BCUT2D eigenvalue weighted by atomic mass is 16.5. The molecule has 8 heteroatoms. The number of primary amides is 1. The Morgan fingerprint density at radius 1 is 1.56 bits per heavy atom. The summed E-state index contributed by atoms with van der Waals surface area (Å²) in [6.07, 6.45) is -0.664. The van der Waals surface area contributed by atoms with E-state index in [1.807, 2.05) is 0 Å². The Bertz CT molecular complexity index is 346. The number of carboxylic acids is 1. The van der Waals surface area contributed by atoms with Gasteiger partial charge >= 0.3 is 12.0 Å². The molecule has 0 saturated carbocycles. The van der Waals surface area contributed by atoms with E-state index in [0.29, 0.717) is 6.54 Å². The lowest BCUT2D eigenvalue weighted by Gasteiger charge is -2.33. The van der Waals surface area contributed by atoms with Crippen molar-refractivity contribution in [1.82, 2.24) is 10.2 Å². The van der Waals surface area contributed by atoms with Crippen LogP contribution in [-0.4, -0.2) is 59.8 Å². The molecule has 0 radical (unpaired) electrons. The van der Waals surface area contributed by atoms with Crippen molar-refractivity contribution in [2.75, 3.05) is 19.7 Å². The van der Waals surface area contributed by atoms with Gasteiger partial charge in [0.15, 0.2) is 0 Å². The zero-order valence-electron chi connectivity index (χ0n) is 10.1. The number of urea groups is 1. The van der Waals surface area contributed by atoms with Crippen molar-refractivity contribution < 1.29 is 24.2 Å². The second kappa shape index (κ2) is 6.20. The fraction of sp³-hybridized carbons (Fsp3) is 0.700. The van der Waals surface area contributed by atoms with Gasteiger partial charge in [0.2, 0.25) is 5.91 Å². The Balaban J connectivity index is 2.52. The van der Waals surface area contributed by atoms with Crippen LogP contribution in [0.5, 0.6) is 0 Å². The lowest BCUT2D eigenvalue weighted by Crippen LogP contribution is -2.53. The van der Waals surface area contributed by atoms with Crippen LogP contribution in [0.15, 0.2) is 0 Å². The Kier molecular flexibility index (Phi) is 4.90. The molecule has 0 aromatic heterocycles. The highest BCUT2D eigenvalue weighted by molar-refractivity contribution is 5.86. The van der Waals surface area contributed by atoms with Gasteiger partial charge in [0.05, 0.1) is 19.1 Å². The van der Waals surface area contributed by atoms with E-state index in [-0.39, 0.29) is 25.5 Å². The predicted molar refractivity (Wildman–Crippen MR) is 60.8 cm³/mol. The van der Waals surface area contributed by atoms with E-state index in [9.17, 15) is 14.4 Å². The summed E-state index contributed by atoms with van der Waals surface area (Å²) in [5.74, 6) is -1.27. The minimum atomic E-state index is -0.974. The number of hydrogen-bond donors (Lipinski definition) is 3. The van der Waals surface area contributed by atoms with Gasteiger partial charge in [-0.15, -0.1) is 0 Å². The summed E-state index contributed by atoms with van der Waals surface area (Å²) in [6, 6.07) is -1.50. The number of aliphatic carboxylic acids is 1. The van der Waals surface area contributed by atoms with Crippen molar-refractivity contribution in [2.24, 2.45) is 5.73 Å². The van der Waals surface area contributed by atoms with Gasteiger partial charge in [-0.05, 0) is 6.92 Å². The number of ether oxygens (including phenoxy) is 1. The van der Waals surface area contributed by atoms with E-state index in [1.54, 1.807) is 0 Å². The molecule has 1 heterocycles. The number of nitrogens with zero attached hydrogens (tertiary/aromatic N) is 1. The van der Waals surface area contributed by atoms with Crippen molar-refractivity contribution >= 4 is 17.9 Å². The molecule has 1 rings (SSSR count). The summed E-state index contributed by atoms with van der Waals surface area (Å²) in [4.78, 5) is 34.6. The molecular formula is C10H17N3O5. The second-order valence-electron chi connectivity index (χ2n) is 4.11. The van der Waals surface area contributed by atoms with E-state index in [1.165, 1.54) is 11.8 Å². The van der Waals surface area contributed by atoms with Crippen LogP contribution in [0, 0.1) is 0 Å². The smallest absolute Gasteiger partial charge is 0.312 e. The third kappa shape index (κ3) is 4.21. The summed E-state index contributed by atoms with van der Waals surface area (Å²) >= 11 is 0. The Labute approximate surface area is 104 Å². The number of hydrogen-bond acceptors (Lipinski definition) is 4. The quantitative estimate of drug-likeness (QED) is 0.582. The average Bonchev–Trinajstić information content (AvgIpc) is 2.26. The normalized spacial score (nSPS) is 21.2. The molecule has 3 amide bonds. The van der Waals surface area contributed by atoms with Crippen LogP contribution >= 0.6 is 0 Å². The van der Waals surface area contributed by atoms with E-state index in [4.69, 9.17) is 15.6 Å². The topological polar surface area (TPSA) is 122 Å². The monoisotopic (exact) mass is 259 g/mol. The van der Waals surface area contributed by atoms with Crippen LogP contribution in [0.4, 0.5) is 4.79 Å². The molecule has 1 fully saturated rings. The van der Waals surface area contributed by atoms with Crippen molar-refractivity contribution in [1.29, 1.82) is 0 Å². The number of amides is 3. The fourth-order valence-corrected chi connectivity index (χ4v) is 1.79. The van der Waals surface area contributed by atoms with Crippen LogP contribution in [-0.2, 0) is 14.3 Å². The summed E-state index contributed by atoms with van der Waals surface area (Å²) in [6.45, 7) is 2.39. The van der Waals surface area contributed by atoms with Crippen molar-refractivity contribution in [3.05, 3.63) is 0 Å². The molecular weight excluding hydrogens is 242 g/mol. The van der Waals surface area contributed by atoms with Gasteiger partial charge in [0.25, 0.3) is 0 Å². The van der Waals surface area contributed by atoms with Gasteiger partial charge in [0, 0.05) is 13.1 Å². The minimum Gasteiger partial charge on any atom is -0.481 e. The van der Waals surface area contributed by atoms with Gasteiger partial charge < -0.3 is 25.8 Å². The molecule has 0 spiro atoms. The standard InChI is InChI=1S/C10H17N3O5/c1-6(12-10(11)17)9(16)13-2-3-18-7(5-13)4-8(14)15/h6-7H,2-5H2,1H3,(H,14,15)(H3,11,12,17). The van der Waals surface area contributed by atoms with Crippen molar-refractivity contribution in [3.63, 3.8) is 0 Å². The van der Waals surface area contributed by atoms with Gasteiger partial charge in [-0.3, -0.25) is 9.59 Å². The highest BCUT2D eigenvalue weighted by Crippen LogP contribution is 2.10. The van der Waals surface area contributed by atoms with E-state index in [0.717, 1.165) is 0 Å². The SMILES string of the molecule is CC(NC(N)=O)C(=O)N1CCOC(CC(=O)O)C1. The first-order valence-electron chi connectivity index (χ1n) is 5.58. The van der Waals surface area contributed by atoms with Gasteiger partial charge in [0.1, 0.15) is 6.04 Å². The molecule has 8 nitrogen and oxygen atoms in total. The zero-order valence-corrected chi connectivity index (χ0v) is 10.1. The summed E-state index contributed by atoms with van der Waals surface area (Å²) in [7, 11) is 0. The second-order valence-corrected chi connectivity index (χ2v) is 4.11. The molecule has 1 saturated heterocycles. The number of carbonyl (C=O) groups excluding carboxylic acids is 2. The van der Waals surface area contributed by atoms with Gasteiger partial charge in [-0.2, -0.15) is 0 Å². The molecule has 4 N–H and O–H groups in total. The molecule has 1 aliphatic heterocycles. The lowest BCUT2D eigenvalue weighted by molar-refractivity contribution is -0.148. The number of carbonyl (C=O) groups is 3. The number of nitrogens with two attached hydrogens (primary N) is 1. The molecule has 102 valence electrons. The number of nitrogens with one attached hydrogen (secondary N) is 1. The van der Waals surface area contributed by atoms with E-state index >= 15 is 0 Å². The average molecular weight is 259 g/mol. The van der Waals surface area contributed by atoms with Crippen molar-refractivity contribution in [2.45, 2.75) is 25.5 Å². The largest absolute Gasteiger partial charge is 0.481 e. The third-order valence-electron chi connectivity index (χ3n) is 2.58. The zero-order chi connectivity index (χ0) is 13.7. The Morgan fingerprint density at radius 3 is 2.78 bits per heavy atom. The highest BCUT2D eigenvalue weighted by Gasteiger charge is 2.28. The number of carboxylic acid groups (broad SMARTS) is 1. The minimum absolute atomic E-state index is 0.151. The Hall–Kier alpha value is -1.83. The van der Waals surface area contributed by atoms with Gasteiger partial charge in [-0.1, -0.05) is 0 Å². The Morgan fingerprint density at radius 2 is 2.22 bits per heavy atom. The lowest BCUT2D eigenvalue weighted by atomic mass is 10.2. The van der Waals surface area contributed by atoms with Crippen LogP contribution in [0.3, 0.4) is 0 Å². The van der Waals surface area contributed by atoms with Crippen LogP contribution < -0.4 is 11.1 Å². The molecule has 2 unspecified atom stereocenters. The van der Waals surface area contributed by atoms with Crippen molar-refractivity contribution in [3.8, 4) is 0 Å². The molecule has 18 heavy (non-hydrogen) atoms. The molecule has 0 bridgehead atoms. The third-order valence-corrected chi connectivity index (χ3v) is 2.58. The maximum Gasteiger partial charge on any atom is 0.312 e. The molecule has 0 aromatic rings. The number of morpholine rings is 1. The first-order valence-corrected chi connectivity index (χ1v) is 5.58. The van der Waals surface area contributed by atoms with Crippen LogP contribution in [0.1, 0.15) is 13.3 Å². The predicted octanol–water partition coefficient (Wildman–Crippen LogP) is -1.25. The first-order chi connectivity index (χ1) is 8.40. The summed E-state index contributed by atoms with van der Waals surface area (Å²) < 4.78 is 5.24. The number of rotatable bonds is 4. The fourth-order valence-electron chi connectivity index (χ4n) is 1.79. The summed E-state index contributed by atoms with van der Waals surface area (Å²) in [5.41, 5.74) is 4.93. The summed E-state index contributed by atoms with van der Waals surface area (Å²) in [5, 5.41) is 10.9. The van der Waals surface area contributed by atoms with Gasteiger partial charge in [-0.25, -0.2) is 4.79 Å².